The minimum Gasteiger partial charge on any atom is -0.497 e. The molecule has 1 aromatic heterocycles. The lowest BCUT2D eigenvalue weighted by Gasteiger charge is -2.11. The Balaban J connectivity index is 1.56. The Bertz CT molecular complexity index is 1190. The quantitative estimate of drug-likeness (QED) is 0.396. The first kappa shape index (κ1) is 21.5. The van der Waals surface area contributed by atoms with Gasteiger partial charge < -0.3 is 14.8 Å². The van der Waals surface area contributed by atoms with Crippen molar-refractivity contribution < 1.29 is 14.3 Å². The maximum absolute atomic E-state index is 12.5. The largest absolute Gasteiger partial charge is 0.497 e. The summed E-state index contributed by atoms with van der Waals surface area (Å²) in [5, 5.41) is 12.3. The predicted molar refractivity (Wildman–Crippen MR) is 126 cm³/mol. The van der Waals surface area contributed by atoms with E-state index in [0.29, 0.717) is 22.4 Å². The summed E-state index contributed by atoms with van der Waals surface area (Å²) < 4.78 is 12.4. The summed E-state index contributed by atoms with van der Waals surface area (Å²) >= 11 is 1.32. The number of carbonyl (C=O) groups is 1. The van der Waals surface area contributed by atoms with Crippen LogP contribution in [-0.2, 0) is 4.79 Å². The van der Waals surface area contributed by atoms with Crippen LogP contribution in [0.2, 0.25) is 0 Å². The van der Waals surface area contributed by atoms with Gasteiger partial charge in [-0.2, -0.15) is 0 Å². The number of aromatic nitrogens is 3. The Morgan fingerprint density at radius 3 is 2.38 bits per heavy atom. The molecular weight excluding hydrogens is 424 g/mol. The van der Waals surface area contributed by atoms with Crippen molar-refractivity contribution in [3.05, 3.63) is 78.9 Å². The van der Waals surface area contributed by atoms with Crippen molar-refractivity contribution in [1.29, 1.82) is 0 Å². The molecule has 0 spiro atoms. The first-order valence-electron chi connectivity index (χ1n) is 9.90. The van der Waals surface area contributed by atoms with Crippen molar-refractivity contribution in [2.75, 3.05) is 25.3 Å². The maximum Gasteiger partial charge on any atom is 0.234 e. The molecule has 0 aliphatic rings. The number of hydrogen-bond donors (Lipinski definition) is 1. The van der Waals surface area contributed by atoms with E-state index in [2.05, 4.69) is 15.5 Å². The fourth-order valence-corrected chi connectivity index (χ4v) is 3.88. The average molecular weight is 447 g/mol. The lowest BCUT2D eigenvalue weighted by Crippen LogP contribution is -2.14. The van der Waals surface area contributed by atoms with Crippen LogP contribution in [0, 0.1) is 0 Å². The van der Waals surface area contributed by atoms with Crippen molar-refractivity contribution in [2.45, 2.75) is 5.16 Å². The molecule has 0 aliphatic heterocycles. The third-order valence-corrected chi connectivity index (χ3v) is 5.61. The number of hydrogen-bond acceptors (Lipinski definition) is 6. The number of ether oxygens (including phenoxy) is 2. The highest BCUT2D eigenvalue weighted by Crippen LogP contribution is 2.29. The normalized spacial score (nSPS) is 10.6. The summed E-state index contributed by atoms with van der Waals surface area (Å²) in [5.74, 6) is 2.18. The third kappa shape index (κ3) is 4.92. The topological polar surface area (TPSA) is 78.3 Å². The minimum absolute atomic E-state index is 0.142. The Kier molecular flexibility index (Phi) is 6.72. The van der Waals surface area contributed by atoms with Crippen molar-refractivity contribution in [2.24, 2.45) is 0 Å². The van der Waals surface area contributed by atoms with Crippen LogP contribution < -0.4 is 14.8 Å². The smallest absolute Gasteiger partial charge is 0.234 e. The second kappa shape index (κ2) is 10.0. The van der Waals surface area contributed by atoms with Crippen molar-refractivity contribution in [3.63, 3.8) is 0 Å². The zero-order valence-corrected chi connectivity index (χ0v) is 18.5. The molecule has 0 bridgehead atoms. The third-order valence-electron chi connectivity index (χ3n) is 4.68. The molecule has 7 nitrogen and oxygen atoms in total. The van der Waals surface area contributed by atoms with Crippen molar-refractivity contribution in [3.8, 4) is 28.6 Å². The molecular formula is C24H22N4O3S. The standard InChI is InChI=1S/C24H22N4O3S/c1-30-20-13-11-17(12-14-20)23-26-27-24(28(23)19-8-4-3-5-9-19)32-16-22(29)25-18-7-6-10-21(15-18)31-2/h3-15H,16H2,1-2H3,(H,25,29). The van der Waals surface area contributed by atoms with Crippen LogP contribution in [0.5, 0.6) is 11.5 Å². The van der Waals surface area contributed by atoms with E-state index in [1.165, 1.54) is 11.8 Å². The molecule has 8 heteroatoms. The van der Waals surface area contributed by atoms with Crippen molar-refractivity contribution in [1.82, 2.24) is 14.8 Å². The van der Waals surface area contributed by atoms with Gasteiger partial charge in [0.15, 0.2) is 11.0 Å². The van der Waals surface area contributed by atoms with E-state index in [1.807, 2.05) is 77.4 Å². The van der Waals surface area contributed by atoms with Crippen LogP contribution in [0.25, 0.3) is 17.1 Å². The SMILES string of the molecule is COc1ccc(-c2nnc(SCC(=O)Nc3cccc(OC)c3)n2-c2ccccc2)cc1. The highest BCUT2D eigenvalue weighted by Gasteiger charge is 2.17. The molecule has 0 unspecified atom stereocenters. The number of amides is 1. The fourth-order valence-electron chi connectivity index (χ4n) is 3.13. The molecule has 0 saturated heterocycles. The van der Waals surface area contributed by atoms with E-state index in [0.717, 1.165) is 17.0 Å². The lowest BCUT2D eigenvalue weighted by molar-refractivity contribution is -0.113. The van der Waals surface area contributed by atoms with Gasteiger partial charge in [-0.15, -0.1) is 10.2 Å². The molecule has 3 aromatic carbocycles. The second-order valence-electron chi connectivity index (χ2n) is 6.77. The van der Waals surface area contributed by atoms with Gasteiger partial charge in [0, 0.05) is 23.0 Å². The van der Waals surface area contributed by atoms with Crippen LogP contribution >= 0.6 is 11.8 Å². The first-order valence-corrected chi connectivity index (χ1v) is 10.9. The molecule has 0 saturated carbocycles. The number of methoxy groups -OCH3 is 2. The molecule has 1 N–H and O–H groups in total. The Hall–Kier alpha value is -3.78. The number of thioether (sulfide) groups is 1. The summed E-state index contributed by atoms with van der Waals surface area (Å²) in [5.41, 5.74) is 2.49. The Labute approximate surface area is 190 Å². The highest BCUT2D eigenvalue weighted by atomic mass is 32.2. The van der Waals surface area contributed by atoms with Crippen LogP contribution in [-0.4, -0.2) is 40.6 Å². The van der Waals surface area contributed by atoms with Gasteiger partial charge in [-0.1, -0.05) is 36.0 Å². The second-order valence-corrected chi connectivity index (χ2v) is 7.72. The molecule has 0 aliphatic carbocycles. The maximum atomic E-state index is 12.5. The van der Waals surface area contributed by atoms with E-state index >= 15 is 0 Å². The molecule has 0 radical (unpaired) electrons. The predicted octanol–water partition coefficient (Wildman–Crippen LogP) is 4.68. The Morgan fingerprint density at radius 2 is 1.66 bits per heavy atom. The van der Waals surface area contributed by atoms with Gasteiger partial charge in [-0.3, -0.25) is 9.36 Å². The molecule has 1 amide bonds. The van der Waals surface area contributed by atoms with Crippen LogP contribution in [0.4, 0.5) is 5.69 Å². The monoisotopic (exact) mass is 446 g/mol. The number of nitrogens with one attached hydrogen (secondary N) is 1. The summed E-state index contributed by atoms with van der Waals surface area (Å²) in [6.45, 7) is 0. The fraction of sp³-hybridized carbons (Fsp3) is 0.125. The van der Waals surface area contributed by atoms with Crippen LogP contribution in [0.3, 0.4) is 0 Å². The van der Waals surface area contributed by atoms with Gasteiger partial charge >= 0.3 is 0 Å². The molecule has 0 fully saturated rings. The molecule has 4 aromatic rings. The van der Waals surface area contributed by atoms with Crippen LogP contribution in [0.1, 0.15) is 0 Å². The Morgan fingerprint density at radius 1 is 0.906 bits per heavy atom. The number of anilines is 1. The number of carbonyl (C=O) groups excluding carboxylic acids is 1. The number of rotatable bonds is 8. The molecule has 4 rings (SSSR count). The van der Waals surface area contributed by atoms with Gasteiger partial charge in [-0.25, -0.2) is 0 Å². The molecule has 1 heterocycles. The molecule has 32 heavy (non-hydrogen) atoms. The zero-order valence-electron chi connectivity index (χ0n) is 17.7. The summed E-state index contributed by atoms with van der Waals surface area (Å²) in [4.78, 5) is 12.5. The van der Waals surface area contributed by atoms with Gasteiger partial charge in [0.1, 0.15) is 11.5 Å². The number of nitrogens with zero attached hydrogens (tertiary/aromatic N) is 3. The minimum atomic E-state index is -0.142. The van der Waals surface area contributed by atoms with E-state index in [4.69, 9.17) is 9.47 Å². The van der Waals surface area contributed by atoms with Gasteiger partial charge in [0.2, 0.25) is 5.91 Å². The van der Waals surface area contributed by atoms with E-state index in [1.54, 1.807) is 20.3 Å². The molecule has 0 atom stereocenters. The van der Waals surface area contributed by atoms with Crippen molar-refractivity contribution >= 4 is 23.4 Å². The van der Waals surface area contributed by atoms with Gasteiger partial charge in [0.25, 0.3) is 0 Å². The van der Waals surface area contributed by atoms with E-state index in [-0.39, 0.29) is 11.7 Å². The number of para-hydroxylation sites is 1. The van der Waals surface area contributed by atoms with Gasteiger partial charge in [0.05, 0.1) is 20.0 Å². The summed E-state index contributed by atoms with van der Waals surface area (Å²) in [6, 6.07) is 24.7. The van der Waals surface area contributed by atoms with Gasteiger partial charge in [-0.05, 0) is 48.5 Å². The van der Waals surface area contributed by atoms with Crippen LogP contribution in [0.15, 0.2) is 84.0 Å². The summed E-state index contributed by atoms with van der Waals surface area (Å²) in [7, 11) is 3.22. The first-order chi connectivity index (χ1) is 15.7. The summed E-state index contributed by atoms with van der Waals surface area (Å²) in [6.07, 6.45) is 0. The number of benzene rings is 3. The zero-order chi connectivity index (χ0) is 22.3. The van der Waals surface area contributed by atoms with E-state index in [9.17, 15) is 4.79 Å². The molecule has 162 valence electrons. The van der Waals surface area contributed by atoms with E-state index < -0.39 is 0 Å². The lowest BCUT2D eigenvalue weighted by atomic mass is 10.2. The average Bonchev–Trinajstić information content (AvgIpc) is 3.27. The highest BCUT2D eigenvalue weighted by molar-refractivity contribution is 7.99.